The molecule has 316 valence electrons. The lowest BCUT2D eigenvalue weighted by Crippen LogP contribution is -2.07. The molecule has 0 saturated heterocycles. The van der Waals surface area contributed by atoms with Crippen molar-refractivity contribution in [2.45, 2.75) is 9.79 Å². The summed E-state index contributed by atoms with van der Waals surface area (Å²) in [5.74, 6) is 4.75. The highest BCUT2D eigenvalue weighted by Crippen LogP contribution is 2.42. The van der Waals surface area contributed by atoms with Crippen LogP contribution in [0.25, 0.3) is 22.3 Å². The Kier molecular flexibility index (Phi) is 11.7. The van der Waals surface area contributed by atoms with Gasteiger partial charge in [0.25, 0.3) is 0 Å². The molecule has 12 nitrogen and oxygen atoms in total. The van der Waals surface area contributed by atoms with E-state index in [0.29, 0.717) is 102 Å². The van der Waals surface area contributed by atoms with Crippen molar-refractivity contribution in [1.82, 2.24) is 0 Å². The van der Waals surface area contributed by atoms with E-state index in [0.717, 1.165) is 0 Å². The van der Waals surface area contributed by atoms with Gasteiger partial charge in [0.05, 0.1) is 35.4 Å². The SMILES string of the molecule is COc1cc(Oc2ccc(S(=O)(=O)c3ccc(Oc4ccc(N)c(OC)c4)cc3-c3ccc(Oc4ccc(N)cc4)cc3)c(-c3ccc(Oc4ccc(N)cc4)cc3)c2)ccc1N. The zero-order valence-electron chi connectivity index (χ0n) is 34.1. The highest BCUT2D eigenvalue weighted by Gasteiger charge is 2.27. The minimum absolute atomic E-state index is 0.0263. The molecule has 0 fully saturated rings. The Morgan fingerprint density at radius 2 is 0.635 bits per heavy atom. The molecule has 0 bridgehead atoms. The van der Waals surface area contributed by atoms with Crippen molar-refractivity contribution in [2.75, 3.05) is 37.2 Å². The van der Waals surface area contributed by atoms with E-state index in [2.05, 4.69) is 0 Å². The van der Waals surface area contributed by atoms with Crippen LogP contribution in [0.2, 0.25) is 0 Å². The number of rotatable bonds is 14. The van der Waals surface area contributed by atoms with Gasteiger partial charge < -0.3 is 51.4 Å². The zero-order chi connectivity index (χ0) is 44.1. The molecular formula is C50H42N4O8S. The molecule has 0 heterocycles. The zero-order valence-corrected chi connectivity index (χ0v) is 35.0. The van der Waals surface area contributed by atoms with Gasteiger partial charge in [-0.25, -0.2) is 8.42 Å². The van der Waals surface area contributed by atoms with Gasteiger partial charge in [0.1, 0.15) is 57.5 Å². The summed E-state index contributed by atoms with van der Waals surface area (Å²) >= 11 is 0. The molecular weight excluding hydrogens is 817 g/mol. The largest absolute Gasteiger partial charge is 0.494 e. The number of anilines is 4. The predicted molar refractivity (Wildman–Crippen MR) is 246 cm³/mol. The van der Waals surface area contributed by atoms with Crippen molar-refractivity contribution in [2.24, 2.45) is 0 Å². The van der Waals surface area contributed by atoms with Crippen LogP contribution < -0.4 is 51.4 Å². The second kappa shape index (κ2) is 17.7. The molecule has 8 N–H and O–H groups in total. The first-order chi connectivity index (χ1) is 30.4. The van der Waals surface area contributed by atoms with Gasteiger partial charge in [-0.1, -0.05) is 24.3 Å². The molecule has 0 aliphatic carbocycles. The maximum absolute atomic E-state index is 15.3. The van der Waals surface area contributed by atoms with Crippen molar-refractivity contribution in [1.29, 1.82) is 0 Å². The molecule has 0 aromatic heterocycles. The second-order valence-corrected chi connectivity index (χ2v) is 16.1. The van der Waals surface area contributed by atoms with Gasteiger partial charge in [-0.2, -0.15) is 0 Å². The van der Waals surface area contributed by atoms with E-state index in [9.17, 15) is 0 Å². The van der Waals surface area contributed by atoms with E-state index in [1.807, 2.05) is 0 Å². The van der Waals surface area contributed by atoms with Crippen LogP contribution in [0.4, 0.5) is 22.7 Å². The van der Waals surface area contributed by atoms with E-state index in [1.54, 1.807) is 158 Å². The average molecular weight is 859 g/mol. The molecule has 0 aliphatic heterocycles. The van der Waals surface area contributed by atoms with Crippen molar-refractivity contribution in [3.05, 3.63) is 170 Å². The van der Waals surface area contributed by atoms with Crippen LogP contribution in [0.1, 0.15) is 0 Å². The van der Waals surface area contributed by atoms with Crippen molar-refractivity contribution >= 4 is 32.6 Å². The maximum Gasteiger partial charge on any atom is 0.207 e. The van der Waals surface area contributed by atoms with Crippen LogP contribution >= 0.6 is 0 Å². The lowest BCUT2D eigenvalue weighted by atomic mass is 10.0. The third-order valence-corrected chi connectivity index (χ3v) is 11.8. The number of ether oxygens (including phenoxy) is 6. The molecule has 0 atom stereocenters. The standard InChI is InChI=1S/C50H42N4O8S/c1-57-47-29-41(19-23-45(47)53)61-39-21-25-49(43(27-39)31-3-11-35(12-4-31)59-37-15-7-33(51)8-16-37)63(55,56)50-26-22-40(62-42-20-24-46(54)48(30-42)58-2)28-44(50)32-5-13-36(14-6-32)60-38-17-9-34(52)10-18-38/h3-30H,51-54H2,1-2H3. The highest BCUT2D eigenvalue weighted by molar-refractivity contribution is 7.91. The number of hydrogen-bond donors (Lipinski definition) is 4. The molecule has 8 aromatic carbocycles. The van der Waals surface area contributed by atoms with E-state index in [4.69, 9.17) is 51.4 Å². The van der Waals surface area contributed by atoms with E-state index in [1.165, 1.54) is 26.4 Å². The smallest absolute Gasteiger partial charge is 0.207 e. The lowest BCUT2D eigenvalue weighted by molar-refractivity contribution is 0.411. The molecule has 13 heteroatoms. The molecule has 0 spiro atoms. The molecule has 8 aromatic rings. The van der Waals surface area contributed by atoms with Gasteiger partial charge in [0.15, 0.2) is 0 Å². The molecule has 8 rings (SSSR count). The van der Waals surface area contributed by atoms with Gasteiger partial charge >= 0.3 is 0 Å². The minimum Gasteiger partial charge on any atom is -0.494 e. The van der Waals surface area contributed by atoms with Gasteiger partial charge in [0, 0.05) is 34.6 Å². The van der Waals surface area contributed by atoms with Crippen molar-refractivity contribution in [3.8, 4) is 79.7 Å². The first kappa shape index (κ1) is 41.4. The van der Waals surface area contributed by atoms with Crippen LogP contribution in [0.15, 0.2) is 180 Å². The first-order valence-corrected chi connectivity index (χ1v) is 21.0. The summed E-state index contributed by atoms with van der Waals surface area (Å²) in [6.45, 7) is 0. The second-order valence-electron chi connectivity index (χ2n) is 14.2. The summed E-state index contributed by atoms with van der Waals surface area (Å²) in [6.07, 6.45) is 0. The fourth-order valence-corrected chi connectivity index (χ4v) is 8.38. The fourth-order valence-electron chi connectivity index (χ4n) is 6.71. The van der Waals surface area contributed by atoms with E-state index < -0.39 is 9.84 Å². The molecule has 63 heavy (non-hydrogen) atoms. The quantitative estimate of drug-likeness (QED) is 0.0757. The monoisotopic (exact) mass is 858 g/mol. The topological polar surface area (TPSA) is 194 Å². The predicted octanol–water partition coefficient (Wildman–Crippen LogP) is 11.4. The molecule has 0 aliphatic rings. The van der Waals surface area contributed by atoms with Crippen LogP contribution in [0.3, 0.4) is 0 Å². The minimum atomic E-state index is -4.30. The highest BCUT2D eigenvalue weighted by atomic mass is 32.2. The number of nitrogen functional groups attached to an aromatic ring is 4. The van der Waals surface area contributed by atoms with Gasteiger partial charge in [-0.15, -0.1) is 0 Å². The number of hydrogen-bond acceptors (Lipinski definition) is 12. The van der Waals surface area contributed by atoms with E-state index >= 15 is 8.42 Å². The molecule has 0 saturated carbocycles. The Morgan fingerprint density at radius 3 is 0.984 bits per heavy atom. The van der Waals surface area contributed by atoms with E-state index in [-0.39, 0.29) is 9.79 Å². The molecule has 0 amide bonds. The Bertz CT molecular complexity index is 2820. The number of methoxy groups -OCH3 is 2. The Labute approximate surface area is 364 Å². The number of benzene rings is 8. The normalized spacial score (nSPS) is 11.1. The van der Waals surface area contributed by atoms with Gasteiger partial charge in [-0.3, -0.25) is 0 Å². The lowest BCUT2D eigenvalue weighted by Gasteiger charge is -2.18. The first-order valence-electron chi connectivity index (χ1n) is 19.5. The Hall–Kier alpha value is -8.29. The summed E-state index contributed by atoms with van der Waals surface area (Å²) in [5, 5.41) is 0. The third kappa shape index (κ3) is 9.38. The summed E-state index contributed by atoms with van der Waals surface area (Å²) < 4.78 is 65.9. The summed E-state index contributed by atoms with van der Waals surface area (Å²) in [7, 11) is -1.28. The van der Waals surface area contributed by atoms with Crippen molar-refractivity contribution < 1.29 is 36.8 Å². The summed E-state index contributed by atoms with van der Waals surface area (Å²) in [4.78, 5) is 0.0527. The van der Waals surface area contributed by atoms with Crippen LogP contribution in [-0.4, -0.2) is 22.6 Å². The fraction of sp³-hybridized carbons (Fsp3) is 0.0400. The van der Waals surface area contributed by atoms with Crippen molar-refractivity contribution in [3.63, 3.8) is 0 Å². The van der Waals surface area contributed by atoms with Crippen LogP contribution in [0, 0.1) is 0 Å². The van der Waals surface area contributed by atoms with Gasteiger partial charge in [0.2, 0.25) is 9.84 Å². The number of sulfone groups is 1. The van der Waals surface area contributed by atoms with Crippen LogP contribution in [0.5, 0.6) is 57.5 Å². The summed E-state index contributed by atoms with van der Waals surface area (Å²) in [6, 6.07) is 47.9. The average Bonchev–Trinajstić information content (AvgIpc) is 3.29. The van der Waals surface area contributed by atoms with Gasteiger partial charge in [-0.05, 0) is 145 Å². The maximum atomic E-state index is 15.3. The number of nitrogens with two attached hydrogens (primary N) is 4. The third-order valence-electron chi connectivity index (χ3n) is 9.92. The summed E-state index contributed by atoms with van der Waals surface area (Å²) in [5.41, 5.74) is 27.9. The van der Waals surface area contributed by atoms with Crippen LogP contribution in [-0.2, 0) is 9.84 Å². The Balaban J connectivity index is 1.22. The Morgan fingerprint density at radius 1 is 0.349 bits per heavy atom. The molecule has 0 radical (unpaired) electrons. The molecule has 0 unspecified atom stereocenters.